The Labute approximate surface area is 154 Å². The number of rotatable bonds is 7. The fourth-order valence-corrected chi connectivity index (χ4v) is 3.02. The van der Waals surface area contributed by atoms with Crippen molar-refractivity contribution in [3.8, 4) is 0 Å². The molecule has 0 saturated heterocycles. The molecule has 0 bridgehead atoms. The standard InChI is InChI=1S/C20H28N2O4/c1-15(19(24)22-17-11-7-2-3-8-12-17)26-18(23)13-14-21-20(25)16-9-5-4-6-10-16/h4-6,9-10,15,17H,2-3,7-8,11-14H2,1H3,(H,21,25)(H,22,24)/t15-/m0/s1. The molecule has 6 heteroatoms. The van der Waals surface area contributed by atoms with E-state index < -0.39 is 12.1 Å². The van der Waals surface area contributed by atoms with Gasteiger partial charge in [0.25, 0.3) is 11.8 Å². The fourth-order valence-electron chi connectivity index (χ4n) is 3.02. The van der Waals surface area contributed by atoms with E-state index in [2.05, 4.69) is 10.6 Å². The fraction of sp³-hybridized carbons (Fsp3) is 0.550. The number of ether oxygens (including phenoxy) is 1. The first-order valence-electron chi connectivity index (χ1n) is 9.39. The lowest BCUT2D eigenvalue weighted by Crippen LogP contribution is -2.42. The van der Waals surface area contributed by atoms with E-state index in [4.69, 9.17) is 4.74 Å². The van der Waals surface area contributed by atoms with E-state index in [9.17, 15) is 14.4 Å². The Balaban J connectivity index is 1.66. The Morgan fingerprint density at radius 2 is 1.73 bits per heavy atom. The van der Waals surface area contributed by atoms with Crippen LogP contribution in [0.4, 0.5) is 0 Å². The minimum atomic E-state index is -0.824. The average Bonchev–Trinajstić information content (AvgIpc) is 2.91. The van der Waals surface area contributed by atoms with Gasteiger partial charge in [0, 0.05) is 18.2 Å². The molecule has 0 unspecified atom stereocenters. The molecule has 142 valence electrons. The molecule has 0 aromatic heterocycles. The first-order valence-corrected chi connectivity index (χ1v) is 9.39. The summed E-state index contributed by atoms with van der Waals surface area (Å²) in [6.45, 7) is 1.75. The molecule has 1 atom stereocenters. The Bertz CT molecular complexity index is 595. The quantitative estimate of drug-likeness (QED) is 0.578. The lowest BCUT2D eigenvalue weighted by molar-refractivity contribution is -0.155. The highest BCUT2D eigenvalue weighted by Crippen LogP contribution is 2.17. The summed E-state index contributed by atoms with van der Waals surface area (Å²) in [5.74, 6) is -0.988. The van der Waals surface area contributed by atoms with Gasteiger partial charge < -0.3 is 15.4 Å². The second-order valence-electron chi connectivity index (χ2n) is 6.70. The molecular weight excluding hydrogens is 332 g/mol. The minimum absolute atomic E-state index is 0.0274. The van der Waals surface area contributed by atoms with Crippen molar-refractivity contribution in [2.75, 3.05) is 6.54 Å². The van der Waals surface area contributed by atoms with E-state index in [-0.39, 0.29) is 30.8 Å². The molecule has 1 aliphatic rings. The summed E-state index contributed by atoms with van der Waals surface area (Å²) in [4.78, 5) is 35.9. The van der Waals surface area contributed by atoms with Crippen molar-refractivity contribution in [3.05, 3.63) is 35.9 Å². The van der Waals surface area contributed by atoms with E-state index >= 15 is 0 Å². The largest absolute Gasteiger partial charge is 0.452 e. The highest BCUT2D eigenvalue weighted by molar-refractivity contribution is 5.94. The summed E-state index contributed by atoms with van der Waals surface area (Å²) in [6, 6.07) is 8.96. The van der Waals surface area contributed by atoms with E-state index in [0.717, 1.165) is 25.7 Å². The summed E-state index contributed by atoms with van der Waals surface area (Å²) in [6.07, 6.45) is 5.85. The van der Waals surface area contributed by atoms with Crippen LogP contribution in [0.3, 0.4) is 0 Å². The van der Waals surface area contributed by atoms with E-state index in [1.807, 2.05) is 6.07 Å². The molecule has 0 radical (unpaired) electrons. The third kappa shape index (κ3) is 6.86. The topological polar surface area (TPSA) is 84.5 Å². The van der Waals surface area contributed by atoms with Gasteiger partial charge in [0.2, 0.25) is 0 Å². The van der Waals surface area contributed by atoms with Gasteiger partial charge >= 0.3 is 5.97 Å². The second kappa shape index (κ2) is 10.6. The maximum atomic E-state index is 12.2. The Kier molecular flexibility index (Phi) is 8.12. The average molecular weight is 360 g/mol. The lowest BCUT2D eigenvalue weighted by atomic mass is 10.1. The highest BCUT2D eigenvalue weighted by Gasteiger charge is 2.21. The highest BCUT2D eigenvalue weighted by atomic mass is 16.5. The van der Waals surface area contributed by atoms with Crippen molar-refractivity contribution in [2.45, 2.75) is 64.0 Å². The van der Waals surface area contributed by atoms with Crippen molar-refractivity contribution < 1.29 is 19.1 Å². The molecule has 26 heavy (non-hydrogen) atoms. The van der Waals surface area contributed by atoms with Crippen LogP contribution in [0.2, 0.25) is 0 Å². The molecule has 0 aliphatic heterocycles. The summed E-state index contributed by atoms with van der Waals surface area (Å²) in [5.41, 5.74) is 0.539. The predicted molar refractivity (Wildman–Crippen MR) is 98.6 cm³/mol. The number of esters is 1. The molecule has 1 saturated carbocycles. The van der Waals surface area contributed by atoms with Crippen molar-refractivity contribution in [1.29, 1.82) is 0 Å². The number of hydrogen-bond donors (Lipinski definition) is 2. The Morgan fingerprint density at radius 1 is 1.08 bits per heavy atom. The Morgan fingerprint density at radius 3 is 2.38 bits per heavy atom. The van der Waals surface area contributed by atoms with Crippen LogP contribution in [-0.4, -0.2) is 36.5 Å². The molecule has 2 amide bonds. The number of hydrogen-bond acceptors (Lipinski definition) is 4. The zero-order valence-corrected chi connectivity index (χ0v) is 15.3. The van der Waals surface area contributed by atoms with Gasteiger partial charge in [-0.3, -0.25) is 14.4 Å². The van der Waals surface area contributed by atoms with Crippen LogP contribution in [-0.2, 0) is 14.3 Å². The van der Waals surface area contributed by atoms with Crippen LogP contribution in [0.5, 0.6) is 0 Å². The van der Waals surface area contributed by atoms with Crippen molar-refractivity contribution >= 4 is 17.8 Å². The van der Waals surface area contributed by atoms with E-state index in [1.54, 1.807) is 31.2 Å². The molecule has 0 heterocycles. The summed E-state index contributed by atoms with van der Waals surface area (Å²) >= 11 is 0. The van der Waals surface area contributed by atoms with Crippen LogP contribution in [0.15, 0.2) is 30.3 Å². The molecule has 1 aromatic carbocycles. The van der Waals surface area contributed by atoms with Crippen molar-refractivity contribution in [1.82, 2.24) is 10.6 Å². The van der Waals surface area contributed by atoms with Crippen LogP contribution in [0.1, 0.15) is 62.2 Å². The maximum Gasteiger partial charge on any atom is 0.308 e. The first kappa shape index (κ1) is 19.9. The zero-order valence-electron chi connectivity index (χ0n) is 15.3. The van der Waals surface area contributed by atoms with Crippen LogP contribution >= 0.6 is 0 Å². The summed E-state index contributed by atoms with van der Waals surface area (Å²) < 4.78 is 5.17. The lowest BCUT2D eigenvalue weighted by Gasteiger charge is -2.19. The summed E-state index contributed by atoms with van der Waals surface area (Å²) in [5, 5.41) is 5.64. The number of carbonyl (C=O) groups is 3. The third-order valence-corrected chi connectivity index (χ3v) is 4.53. The van der Waals surface area contributed by atoms with Crippen molar-refractivity contribution in [2.24, 2.45) is 0 Å². The number of benzene rings is 1. The SMILES string of the molecule is C[C@H](OC(=O)CCNC(=O)c1ccccc1)C(=O)NC1CCCCCC1. The van der Waals surface area contributed by atoms with Gasteiger partial charge in [-0.05, 0) is 31.9 Å². The second-order valence-corrected chi connectivity index (χ2v) is 6.70. The molecule has 1 aromatic rings. The molecule has 2 rings (SSSR count). The van der Waals surface area contributed by atoms with Crippen LogP contribution < -0.4 is 10.6 Å². The molecule has 2 N–H and O–H groups in total. The number of amides is 2. The molecule has 0 spiro atoms. The monoisotopic (exact) mass is 360 g/mol. The third-order valence-electron chi connectivity index (χ3n) is 4.53. The van der Waals surface area contributed by atoms with Crippen molar-refractivity contribution in [3.63, 3.8) is 0 Å². The van der Waals surface area contributed by atoms with E-state index in [0.29, 0.717) is 5.56 Å². The Hall–Kier alpha value is -2.37. The normalized spacial score (nSPS) is 16.2. The van der Waals surface area contributed by atoms with Gasteiger partial charge in [-0.2, -0.15) is 0 Å². The molecule has 6 nitrogen and oxygen atoms in total. The van der Waals surface area contributed by atoms with Gasteiger partial charge in [0.1, 0.15) is 0 Å². The molecular formula is C20H28N2O4. The smallest absolute Gasteiger partial charge is 0.308 e. The summed E-state index contributed by atoms with van der Waals surface area (Å²) in [7, 11) is 0. The van der Waals surface area contributed by atoms with Gasteiger partial charge in [0.05, 0.1) is 6.42 Å². The minimum Gasteiger partial charge on any atom is -0.452 e. The van der Waals surface area contributed by atoms with Crippen LogP contribution in [0.25, 0.3) is 0 Å². The van der Waals surface area contributed by atoms with Gasteiger partial charge in [-0.15, -0.1) is 0 Å². The van der Waals surface area contributed by atoms with Gasteiger partial charge in [-0.25, -0.2) is 0 Å². The zero-order chi connectivity index (χ0) is 18.8. The number of nitrogens with one attached hydrogen (secondary N) is 2. The van der Waals surface area contributed by atoms with E-state index in [1.165, 1.54) is 12.8 Å². The predicted octanol–water partition coefficient (Wildman–Crippen LogP) is 2.58. The number of carbonyl (C=O) groups excluding carboxylic acids is 3. The van der Waals surface area contributed by atoms with Gasteiger partial charge in [0.15, 0.2) is 6.10 Å². The first-order chi connectivity index (χ1) is 12.6. The molecule has 1 aliphatic carbocycles. The molecule has 1 fully saturated rings. The maximum absolute atomic E-state index is 12.2. The van der Waals surface area contributed by atoms with Crippen LogP contribution in [0, 0.1) is 0 Å². The van der Waals surface area contributed by atoms with Gasteiger partial charge in [-0.1, -0.05) is 43.9 Å².